The first-order valence-electron chi connectivity index (χ1n) is 10.8. The van der Waals surface area contributed by atoms with Gasteiger partial charge in [-0.2, -0.15) is 0 Å². The lowest BCUT2D eigenvalue weighted by molar-refractivity contribution is 0.0240. The first-order valence-corrected chi connectivity index (χ1v) is 12.0. The number of ether oxygens (including phenoxy) is 1. The van der Waals surface area contributed by atoms with Gasteiger partial charge in [-0.15, -0.1) is 10.2 Å². The van der Waals surface area contributed by atoms with E-state index in [0.717, 1.165) is 26.8 Å². The van der Waals surface area contributed by atoms with Crippen molar-refractivity contribution in [1.82, 2.24) is 15.1 Å². The van der Waals surface area contributed by atoms with Crippen molar-refractivity contribution < 1.29 is 19.4 Å². The monoisotopic (exact) mass is 500 g/mol. The molecule has 1 amide bonds. The zero-order chi connectivity index (χ0) is 24.5. The smallest absolute Gasteiger partial charge is 0.410 e. The van der Waals surface area contributed by atoms with Crippen LogP contribution in [0.5, 0.6) is 0 Å². The molecule has 4 rings (SSSR count). The number of anilines is 1. The number of benzene rings is 2. The number of aromatic carboxylic acids is 1. The lowest BCUT2D eigenvalue weighted by atomic mass is 10.0. The van der Waals surface area contributed by atoms with Crippen LogP contribution in [-0.4, -0.2) is 64.0 Å². The summed E-state index contributed by atoms with van der Waals surface area (Å²) in [6.45, 7) is 8.06. The predicted octanol–water partition coefficient (Wildman–Crippen LogP) is 5.28. The molecule has 0 atom stereocenters. The van der Waals surface area contributed by atoms with Crippen molar-refractivity contribution in [3.05, 3.63) is 53.1 Å². The number of hydrogen-bond acceptors (Lipinski definition) is 7. The molecule has 2 heterocycles. The Morgan fingerprint density at radius 3 is 2.18 bits per heavy atom. The number of aromatic nitrogens is 2. The van der Waals surface area contributed by atoms with E-state index in [9.17, 15) is 9.59 Å². The summed E-state index contributed by atoms with van der Waals surface area (Å²) in [5.74, 6) is -1.05. The zero-order valence-corrected chi connectivity index (χ0v) is 20.7. The van der Waals surface area contributed by atoms with Crippen molar-refractivity contribution in [2.75, 3.05) is 31.1 Å². The topological polar surface area (TPSA) is 95.9 Å². The lowest BCUT2D eigenvalue weighted by Crippen LogP contribution is -2.50. The standard InChI is InChI=1S/C24H25ClN4O4S/c1-24(2,3)33-23(32)29-12-10-28(11-13-29)22-27-26-20(34-22)16-6-4-15(5-7-16)17-8-9-18(21(30)31)19(25)14-17/h4-9,14H,10-13H2,1-3H3,(H,30,31). The van der Waals surface area contributed by atoms with Gasteiger partial charge in [0.1, 0.15) is 10.6 Å². The molecular weight excluding hydrogens is 476 g/mol. The molecule has 1 aromatic heterocycles. The molecule has 0 saturated carbocycles. The summed E-state index contributed by atoms with van der Waals surface area (Å²) in [7, 11) is 0. The molecule has 1 fully saturated rings. The lowest BCUT2D eigenvalue weighted by Gasteiger charge is -2.35. The third-order valence-corrected chi connectivity index (χ3v) is 6.63. The second kappa shape index (κ2) is 9.60. The van der Waals surface area contributed by atoms with E-state index in [-0.39, 0.29) is 16.7 Å². The van der Waals surface area contributed by atoms with Gasteiger partial charge in [0.25, 0.3) is 0 Å². The number of halogens is 1. The van der Waals surface area contributed by atoms with Crippen molar-refractivity contribution in [3.8, 4) is 21.7 Å². The Bertz CT molecular complexity index is 1200. The number of hydrogen-bond donors (Lipinski definition) is 1. The van der Waals surface area contributed by atoms with E-state index >= 15 is 0 Å². The summed E-state index contributed by atoms with van der Waals surface area (Å²) < 4.78 is 5.45. The molecule has 3 aromatic rings. The average molecular weight is 501 g/mol. The molecule has 1 aliphatic heterocycles. The Kier molecular flexibility index (Phi) is 6.77. The van der Waals surface area contributed by atoms with E-state index in [2.05, 4.69) is 15.1 Å². The number of rotatable bonds is 4. The Hall–Kier alpha value is -3.17. The number of carbonyl (C=O) groups is 2. The van der Waals surface area contributed by atoms with Crippen molar-refractivity contribution in [3.63, 3.8) is 0 Å². The summed E-state index contributed by atoms with van der Waals surface area (Å²) in [6.07, 6.45) is -0.288. The van der Waals surface area contributed by atoms with Crippen LogP contribution in [0.2, 0.25) is 5.02 Å². The molecule has 1 aliphatic rings. The normalized spacial score (nSPS) is 14.2. The SMILES string of the molecule is CC(C)(C)OC(=O)N1CCN(c2nnc(-c3ccc(-c4ccc(C(=O)O)c(Cl)c4)cc3)s2)CC1. The molecule has 0 bridgehead atoms. The minimum Gasteiger partial charge on any atom is -0.478 e. The summed E-state index contributed by atoms with van der Waals surface area (Å²) in [5, 5.41) is 19.7. The number of carbonyl (C=O) groups excluding carboxylic acids is 1. The van der Waals surface area contributed by atoms with E-state index < -0.39 is 11.6 Å². The molecule has 8 nitrogen and oxygen atoms in total. The first kappa shape index (κ1) is 24.0. The van der Waals surface area contributed by atoms with E-state index in [4.69, 9.17) is 21.4 Å². The van der Waals surface area contributed by atoms with Gasteiger partial charge in [0, 0.05) is 31.7 Å². The van der Waals surface area contributed by atoms with Crippen LogP contribution < -0.4 is 4.90 Å². The molecule has 0 radical (unpaired) electrons. The van der Waals surface area contributed by atoms with Crippen molar-refractivity contribution >= 4 is 40.1 Å². The molecule has 1 saturated heterocycles. The summed E-state index contributed by atoms with van der Waals surface area (Å²) in [4.78, 5) is 27.3. The van der Waals surface area contributed by atoms with E-state index in [1.54, 1.807) is 17.0 Å². The minimum atomic E-state index is -1.05. The van der Waals surface area contributed by atoms with Crippen LogP contribution in [0.3, 0.4) is 0 Å². The molecule has 0 aliphatic carbocycles. The van der Waals surface area contributed by atoms with Gasteiger partial charge >= 0.3 is 12.1 Å². The third kappa shape index (κ3) is 5.48. The van der Waals surface area contributed by atoms with Crippen LogP contribution in [0.15, 0.2) is 42.5 Å². The maximum atomic E-state index is 12.3. The quantitative estimate of drug-likeness (QED) is 0.520. The molecule has 34 heavy (non-hydrogen) atoms. The van der Waals surface area contributed by atoms with Crippen LogP contribution in [0.4, 0.5) is 9.93 Å². The molecular formula is C24H25ClN4O4S. The van der Waals surface area contributed by atoms with Crippen molar-refractivity contribution in [2.24, 2.45) is 0 Å². The Morgan fingerprint density at radius 1 is 0.971 bits per heavy atom. The van der Waals surface area contributed by atoms with Gasteiger partial charge in [-0.25, -0.2) is 9.59 Å². The number of amides is 1. The summed E-state index contributed by atoms with van der Waals surface area (Å²) in [5.41, 5.74) is 2.27. The third-order valence-electron chi connectivity index (χ3n) is 5.28. The van der Waals surface area contributed by atoms with Crippen LogP contribution in [0.25, 0.3) is 21.7 Å². The number of carboxylic acids is 1. The second-order valence-electron chi connectivity index (χ2n) is 8.92. The second-order valence-corrected chi connectivity index (χ2v) is 10.3. The van der Waals surface area contributed by atoms with E-state index in [0.29, 0.717) is 26.2 Å². The number of piperazine rings is 1. The minimum absolute atomic E-state index is 0.0790. The Labute approximate surface area is 206 Å². The van der Waals surface area contributed by atoms with Crippen molar-refractivity contribution in [2.45, 2.75) is 26.4 Å². The Morgan fingerprint density at radius 2 is 1.59 bits per heavy atom. The number of nitrogens with zero attached hydrogens (tertiary/aromatic N) is 4. The van der Waals surface area contributed by atoms with Gasteiger partial charge in [0.05, 0.1) is 10.6 Å². The fourth-order valence-corrected chi connectivity index (χ4v) is 4.70. The van der Waals surface area contributed by atoms with Gasteiger partial charge in [0.2, 0.25) is 5.13 Å². The van der Waals surface area contributed by atoms with Gasteiger partial charge in [-0.05, 0) is 44.0 Å². The highest BCUT2D eigenvalue weighted by Gasteiger charge is 2.27. The molecule has 10 heteroatoms. The summed E-state index contributed by atoms with van der Waals surface area (Å²) >= 11 is 7.61. The van der Waals surface area contributed by atoms with Gasteiger partial charge in [-0.1, -0.05) is 53.3 Å². The van der Waals surface area contributed by atoms with E-state index in [1.165, 1.54) is 17.4 Å². The fourth-order valence-electron chi connectivity index (χ4n) is 3.54. The van der Waals surface area contributed by atoms with Gasteiger partial charge < -0.3 is 19.6 Å². The Balaban J connectivity index is 1.40. The largest absolute Gasteiger partial charge is 0.478 e. The maximum Gasteiger partial charge on any atom is 0.410 e. The van der Waals surface area contributed by atoms with Crippen molar-refractivity contribution in [1.29, 1.82) is 0 Å². The van der Waals surface area contributed by atoms with Gasteiger partial charge in [0.15, 0.2) is 0 Å². The molecule has 2 aromatic carbocycles. The molecule has 0 unspecified atom stereocenters. The zero-order valence-electron chi connectivity index (χ0n) is 19.1. The predicted molar refractivity (Wildman–Crippen MR) is 133 cm³/mol. The molecule has 1 N–H and O–H groups in total. The molecule has 178 valence electrons. The van der Waals surface area contributed by atoms with Crippen LogP contribution >= 0.6 is 22.9 Å². The van der Waals surface area contributed by atoms with Crippen LogP contribution in [0, 0.1) is 0 Å². The summed E-state index contributed by atoms with van der Waals surface area (Å²) in [6, 6.07) is 12.7. The highest BCUT2D eigenvalue weighted by Crippen LogP contribution is 2.32. The highest BCUT2D eigenvalue weighted by molar-refractivity contribution is 7.18. The fraction of sp³-hybridized carbons (Fsp3) is 0.333. The van der Waals surface area contributed by atoms with Crippen LogP contribution in [0.1, 0.15) is 31.1 Å². The average Bonchev–Trinajstić information content (AvgIpc) is 3.28. The maximum absolute atomic E-state index is 12.3. The number of carboxylic acid groups (broad SMARTS) is 1. The van der Waals surface area contributed by atoms with Crippen LogP contribution in [-0.2, 0) is 4.74 Å². The highest BCUT2D eigenvalue weighted by atomic mass is 35.5. The van der Waals surface area contributed by atoms with Gasteiger partial charge in [-0.3, -0.25) is 0 Å². The first-order chi connectivity index (χ1) is 16.1. The van der Waals surface area contributed by atoms with E-state index in [1.807, 2.05) is 45.0 Å². The molecule has 0 spiro atoms.